The summed E-state index contributed by atoms with van der Waals surface area (Å²) < 4.78 is 21.8. The van der Waals surface area contributed by atoms with Gasteiger partial charge in [0.2, 0.25) is 0 Å². The Labute approximate surface area is 169 Å². The Kier molecular flexibility index (Phi) is 5.88. The normalized spacial score (nSPS) is 16.0. The molecule has 1 fully saturated rings. The number of thioether (sulfide) groups is 1. The molecule has 8 heteroatoms. The first kappa shape index (κ1) is 19.9. The molecule has 0 atom stereocenters. The Bertz CT molecular complexity index is 955. The van der Waals surface area contributed by atoms with Crippen LogP contribution in [-0.4, -0.2) is 40.9 Å². The van der Waals surface area contributed by atoms with Crippen molar-refractivity contribution in [2.75, 3.05) is 20.3 Å². The fourth-order valence-corrected chi connectivity index (χ4v) is 4.17. The van der Waals surface area contributed by atoms with Crippen LogP contribution in [0.1, 0.15) is 17.0 Å². The molecular formula is C19H18BrFN2O3S. The van der Waals surface area contributed by atoms with Gasteiger partial charge in [0.15, 0.2) is 0 Å². The second-order valence-electron chi connectivity index (χ2n) is 6.08. The Morgan fingerprint density at radius 1 is 1.26 bits per heavy atom. The molecule has 2 amide bonds. The number of ether oxygens (including phenoxy) is 1. The number of hydrogen-bond acceptors (Lipinski definition) is 4. The first-order valence-corrected chi connectivity index (χ1v) is 9.83. The molecule has 0 bridgehead atoms. The SMILES string of the molecule is COCCN1C(=O)S/C(=C/c2cc(C)n(-c3ccc(Br)cc3F)c2C)C1=O. The van der Waals surface area contributed by atoms with Gasteiger partial charge in [0.25, 0.3) is 11.1 Å². The van der Waals surface area contributed by atoms with Crippen molar-refractivity contribution < 1.29 is 18.7 Å². The summed E-state index contributed by atoms with van der Waals surface area (Å²) >= 11 is 4.17. The maximum Gasteiger partial charge on any atom is 0.293 e. The number of carbonyl (C=O) groups is 2. The first-order chi connectivity index (χ1) is 12.8. The molecule has 5 nitrogen and oxygen atoms in total. The molecule has 2 heterocycles. The summed E-state index contributed by atoms with van der Waals surface area (Å²) in [5.74, 6) is -0.681. The molecule has 1 aliphatic rings. The van der Waals surface area contributed by atoms with Gasteiger partial charge in [-0.15, -0.1) is 0 Å². The highest BCUT2D eigenvalue weighted by atomic mass is 79.9. The molecule has 0 radical (unpaired) electrons. The lowest BCUT2D eigenvalue weighted by Crippen LogP contribution is -2.31. The van der Waals surface area contributed by atoms with Gasteiger partial charge in [0.05, 0.1) is 23.7 Å². The van der Waals surface area contributed by atoms with E-state index < -0.39 is 0 Å². The lowest BCUT2D eigenvalue weighted by atomic mass is 10.2. The van der Waals surface area contributed by atoms with E-state index in [1.165, 1.54) is 18.1 Å². The van der Waals surface area contributed by atoms with E-state index >= 15 is 0 Å². The van der Waals surface area contributed by atoms with E-state index in [9.17, 15) is 14.0 Å². The standard InChI is InChI=1S/C19H18BrFN2O3S/c1-11-8-13(9-17-18(24)22(6-7-26-3)19(25)27-17)12(2)23(11)16-5-4-14(20)10-15(16)21/h4-5,8-10H,6-7H2,1-3H3/b17-9+. The fourth-order valence-electron chi connectivity index (χ4n) is 2.98. The number of aryl methyl sites for hydroxylation is 1. The van der Waals surface area contributed by atoms with Gasteiger partial charge >= 0.3 is 0 Å². The Morgan fingerprint density at radius 3 is 2.67 bits per heavy atom. The summed E-state index contributed by atoms with van der Waals surface area (Å²) in [6.45, 7) is 4.25. The second kappa shape index (κ2) is 8.00. The number of aromatic nitrogens is 1. The van der Waals surface area contributed by atoms with Gasteiger partial charge in [-0.1, -0.05) is 15.9 Å². The highest BCUT2D eigenvalue weighted by Gasteiger charge is 2.34. The van der Waals surface area contributed by atoms with Crippen LogP contribution >= 0.6 is 27.7 Å². The largest absolute Gasteiger partial charge is 0.383 e. The van der Waals surface area contributed by atoms with Gasteiger partial charge in [-0.3, -0.25) is 14.5 Å². The number of imide groups is 1. The van der Waals surface area contributed by atoms with Gasteiger partial charge in [-0.2, -0.15) is 0 Å². The maximum atomic E-state index is 14.4. The minimum atomic E-state index is -0.349. The summed E-state index contributed by atoms with van der Waals surface area (Å²) in [6, 6.07) is 6.76. The topological polar surface area (TPSA) is 51.5 Å². The van der Waals surface area contributed by atoms with Crippen LogP contribution in [0, 0.1) is 19.7 Å². The Balaban J connectivity index is 1.97. The molecule has 0 spiro atoms. The molecular weight excluding hydrogens is 435 g/mol. The molecule has 3 rings (SSSR count). The van der Waals surface area contributed by atoms with Crippen molar-refractivity contribution in [2.24, 2.45) is 0 Å². The lowest BCUT2D eigenvalue weighted by molar-refractivity contribution is -0.123. The predicted molar refractivity (Wildman–Crippen MR) is 107 cm³/mol. The monoisotopic (exact) mass is 452 g/mol. The molecule has 1 aliphatic heterocycles. The zero-order valence-corrected chi connectivity index (χ0v) is 17.5. The molecule has 2 aromatic rings. The number of halogens is 2. The van der Waals surface area contributed by atoms with Crippen LogP contribution in [0.15, 0.2) is 33.6 Å². The number of amides is 2. The average Bonchev–Trinajstić information content (AvgIpc) is 3.03. The van der Waals surface area contributed by atoms with Crippen LogP contribution in [0.2, 0.25) is 0 Å². The smallest absolute Gasteiger partial charge is 0.293 e. The van der Waals surface area contributed by atoms with Crippen molar-refractivity contribution in [1.82, 2.24) is 9.47 Å². The van der Waals surface area contributed by atoms with Gasteiger partial charge in [0.1, 0.15) is 5.82 Å². The Morgan fingerprint density at radius 2 is 2.00 bits per heavy atom. The third-order valence-corrected chi connectivity index (χ3v) is 5.70. The first-order valence-electron chi connectivity index (χ1n) is 8.22. The number of nitrogens with zero attached hydrogens (tertiary/aromatic N) is 2. The van der Waals surface area contributed by atoms with E-state index in [-0.39, 0.29) is 23.5 Å². The average molecular weight is 453 g/mol. The van der Waals surface area contributed by atoms with Crippen molar-refractivity contribution in [3.05, 3.63) is 56.4 Å². The summed E-state index contributed by atoms with van der Waals surface area (Å²) in [4.78, 5) is 26.1. The summed E-state index contributed by atoms with van der Waals surface area (Å²) in [5, 5.41) is -0.309. The zero-order chi connectivity index (χ0) is 19.7. The molecule has 0 unspecified atom stereocenters. The quantitative estimate of drug-likeness (QED) is 0.618. The summed E-state index contributed by atoms with van der Waals surface area (Å²) in [7, 11) is 1.52. The van der Waals surface area contributed by atoms with Gasteiger partial charge in [-0.05, 0) is 61.5 Å². The summed E-state index contributed by atoms with van der Waals surface area (Å²) in [5.41, 5.74) is 2.82. The molecule has 0 N–H and O–H groups in total. The second-order valence-corrected chi connectivity index (χ2v) is 7.99. The van der Waals surface area contributed by atoms with Gasteiger partial charge < -0.3 is 9.30 Å². The van der Waals surface area contributed by atoms with E-state index in [1.807, 2.05) is 19.9 Å². The highest BCUT2D eigenvalue weighted by Crippen LogP contribution is 2.34. The molecule has 27 heavy (non-hydrogen) atoms. The van der Waals surface area contributed by atoms with Crippen LogP contribution in [-0.2, 0) is 9.53 Å². The molecule has 1 aromatic heterocycles. The van der Waals surface area contributed by atoms with Crippen LogP contribution in [0.3, 0.4) is 0 Å². The van der Waals surface area contributed by atoms with Crippen LogP contribution in [0.4, 0.5) is 9.18 Å². The number of benzene rings is 1. The van der Waals surface area contributed by atoms with E-state index in [0.717, 1.165) is 28.7 Å². The van der Waals surface area contributed by atoms with Gasteiger partial charge in [-0.25, -0.2) is 4.39 Å². The minimum absolute atomic E-state index is 0.224. The number of rotatable bonds is 5. The number of methoxy groups -OCH3 is 1. The molecule has 142 valence electrons. The van der Waals surface area contributed by atoms with Crippen LogP contribution in [0.25, 0.3) is 11.8 Å². The number of hydrogen-bond donors (Lipinski definition) is 0. The van der Waals surface area contributed by atoms with E-state index in [2.05, 4.69) is 15.9 Å². The minimum Gasteiger partial charge on any atom is -0.383 e. The van der Waals surface area contributed by atoms with E-state index in [1.54, 1.807) is 22.8 Å². The van der Waals surface area contributed by atoms with Crippen LogP contribution < -0.4 is 0 Å². The summed E-state index contributed by atoms with van der Waals surface area (Å²) in [6.07, 6.45) is 1.69. The molecule has 0 aliphatic carbocycles. The molecule has 0 saturated carbocycles. The third kappa shape index (κ3) is 3.88. The maximum absolute atomic E-state index is 14.4. The fraction of sp³-hybridized carbons (Fsp3) is 0.263. The van der Waals surface area contributed by atoms with Gasteiger partial charge in [0, 0.05) is 23.0 Å². The van der Waals surface area contributed by atoms with Crippen molar-refractivity contribution in [3.63, 3.8) is 0 Å². The van der Waals surface area contributed by atoms with E-state index in [0.29, 0.717) is 21.7 Å². The molecule has 1 aromatic carbocycles. The highest BCUT2D eigenvalue weighted by molar-refractivity contribution is 9.10. The van der Waals surface area contributed by atoms with Crippen molar-refractivity contribution in [1.29, 1.82) is 0 Å². The van der Waals surface area contributed by atoms with E-state index in [4.69, 9.17) is 4.74 Å². The van der Waals surface area contributed by atoms with Crippen molar-refractivity contribution >= 4 is 44.9 Å². The lowest BCUT2D eigenvalue weighted by Gasteiger charge is -2.11. The molecule has 1 saturated heterocycles. The van der Waals surface area contributed by atoms with Crippen molar-refractivity contribution in [2.45, 2.75) is 13.8 Å². The number of carbonyl (C=O) groups excluding carboxylic acids is 2. The zero-order valence-electron chi connectivity index (χ0n) is 15.1. The van der Waals surface area contributed by atoms with Crippen LogP contribution in [0.5, 0.6) is 0 Å². The third-order valence-electron chi connectivity index (χ3n) is 4.30. The predicted octanol–water partition coefficient (Wildman–Crippen LogP) is 4.68. The van der Waals surface area contributed by atoms with Crippen molar-refractivity contribution in [3.8, 4) is 5.69 Å². The Hall–Kier alpha value is -1.90.